The van der Waals surface area contributed by atoms with Crippen molar-refractivity contribution in [2.75, 3.05) is 0 Å². The summed E-state index contributed by atoms with van der Waals surface area (Å²) in [5.74, 6) is 0.330. The highest BCUT2D eigenvalue weighted by Gasteiger charge is 2.64. The van der Waals surface area contributed by atoms with E-state index in [1.165, 1.54) is 16.7 Å². The molecule has 3 aliphatic rings. The van der Waals surface area contributed by atoms with Gasteiger partial charge in [-0.1, -0.05) is 55.1 Å². The molecule has 4 heteroatoms. The van der Waals surface area contributed by atoms with Gasteiger partial charge in [0.1, 0.15) is 6.61 Å². The fourth-order valence-electron chi connectivity index (χ4n) is 6.13. The number of hydrogen-bond acceptors (Lipinski definition) is 3. The number of rotatable bonds is 3. The fourth-order valence-corrected chi connectivity index (χ4v) is 6.13. The van der Waals surface area contributed by atoms with Crippen molar-refractivity contribution < 1.29 is 14.6 Å². The third kappa shape index (κ3) is 2.73. The van der Waals surface area contributed by atoms with Crippen molar-refractivity contribution in [1.82, 2.24) is 5.32 Å². The van der Waals surface area contributed by atoms with Gasteiger partial charge >= 0.3 is 6.09 Å². The predicted molar refractivity (Wildman–Crippen MR) is 111 cm³/mol. The number of amides is 1. The van der Waals surface area contributed by atoms with E-state index in [1.807, 2.05) is 30.3 Å². The molecule has 2 bridgehead atoms. The van der Waals surface area contributed by atoms with Crippen LogP contribution in [0.2, 0.25) is 0 Å². The Morgan fingerprint density at radius 2 is 2.03 bits per heavy atom. The van der Waals surface area contributed by atoms with Gasteiger partial charge in [0.15, 0.2) is 0 Å². The summed E-state index contributed by atoms with van der Waals surface area (Å²) in [4.78, 5) is 12.8. The van der Waals surface area contributed by atoms with Gasteiger partial charge in [-0.25, -0.2) is 4.79 Å². The predicted octanol–water partition coefficient (Wildman–Crippen LogP) is 4.92. The molecule has 2 saturated carbocycles. The van der Waals surface area contributed by atoms with E-state index < -0.39 is 11.7 Å². The third-order valence-electron chi connectivity index (χ3n) is 7.43. The largest absolute Gasteiger partial charge is 0.445 e. The maximum absolute atomic E-state index is 12.8. The maximum atomic E-state index is 12.8. The minimum atomic E-state index is -0.805. The molecule has 4 atom stereocenters. The van der Waals surface area contributed by atoms with Crippen molar-refractivity contribution in [2.45, 2.75) is 56.8 Å². The van der Waals surface area contributed by atoms with Crippen LogP contribution >= 0.6 is 0 Å². The molecule has 2 aromatic carbocycles. The summed E-state index contributed by atoms with van der Waals surface area (Å²) >= 11 is 0. The molecule has 0 aromatic heterocycles. The number of carbonyl (C=O) groups is 1. The molecule has 0 unspecified atom stereocenters. The Kier molecular flexibility index (Phi) is 4.11. The normalized spacial score (nSPS) is 31.9. The highest BCUT2D eigenvalue weighted by atomic mass is 16.5. The lowest BCUT2D eigenvalue weighted by molar-refractivity contribution is 0.00135. The van der Waals surface area contributed by atoms with Gasteiger partial charge in [-0.15, -0.1) is 0 Å². The van der Waals surface area contributed by atoms with Crippen molar-refractivity contribution in [3.63, 3.8) is 0 Å². The third-order valence-corrected chi connectivity index (χ3v) is 7.43. The Morgan fingerprint density at radius 1 is 1.24 bits per heavy atom. The number of aryl methyl sites for hydroxylation is 1. The van der Waals surface area contributed by atoms with E-state index >= 15 is 0 Å². The number of carbonyl (C=O) groups excluding carboxylic acids is 1. The molecule has 150 valence electrons. The number of hydrogen-bond donors (Lipinski definition) is 2. The number of nitrogens with one attached hydrogen (secondary N) is 1. The number of alkyl carbamates (subject to hydrolysis) is 1. The highest BCUT2D eigenvalue weighted by molar-refractivity contribution is 5.69. The first kappa shape index (κ1) is 18.4. The average molecular weight is 389 g/mol. The summed E-state index contributed by atoms with van der Waals surface area (Å²) in [6.45, 7) is 6.55. The van der Waals surface area contributed by atoms with Crippen LogP contribution in [0.15, 0.2) is 60.7 Å². The molecule has 0 aliphatic heterocycles. The molecule has 2 N–H and O–H groups in total. The molecular formula is C25H27NO3. The van der Waals surface area contributed by atoms with E-state index in [2.05, 4.69) is 37.0 Å². The molecule has 0 heterocycles. The highest BCUT2D eigenvalue weighted by Crippen LogP contribution is 2.70. The van der Waals surface area contributed by atoms with Gasteiger partial charge < -0.3 is 15.2 Å². The molecular weight excluding hydrogens is 362 g/mol. The van der Waals surface area contributed by atoms with Crippen LogP contribution in [-0.4, -0.2) is 16.8 Å². The summed E-state index contributed by atoms with van der Waals surface area (Å²) in [6, 6.07) is 15.9. The van der Waals surface area contributed by atoms with Crippen LogP contribution < -0.4 is 5.32 Å². The first-order valence-corrected chi connectivity index (χ1v) is 10.4. The molecule has 5 rings (SSSR count). The quantitative estimate of drug-likeness (QED) is 0.733. The lowest BCUT2D eigenvalue weighted by Crippen LogP contribution is -2.43. The van der Waals surface area contributed by atoms with Gasteiger partial charge in [0.25, 0.3) is 0 Å². The smallest absolute Gasteiger partial charge is 0.407 e. The van der Waals surface area contributed by atoms with Crippen LogP contribution in [0.4, 0.5) is 4.79 Å². The van der Waals surface area contributed by atoms with Gasteiger partial charge in [-0.2, -0.15) is 0 Å². The Hall–Kier alpha value is -2.59. The van der Waals surface area contributed by atoms with Crippen molar-refractivity contribution >= 4 is 6.09 Å². The fraction of sp³-hybridized carbons (Fsp3) is 0.400. The number of benzene rings is 2. The van der Waals surface area contributed by atoms with Crippen LogP contribution in [-0.2, 0) is 11.3 Å². The van der Waals surface area contributed by atoms with Crippen molar-refractivity contribution in [2.24, 2.45) is 5.41 Å². The lowest BCUT2D eigenvalue weighted by Gasteiger charge is -2.42. The minimum Gasteiger partial charge on any atom is -0.445 e. The standard InChI is InChI=1S/C25H27NO3/c1-16-7-6-10-19-20-11-12-25(28)15-24(20,13-17(25)2)22(21(16)19)26-23(27)29-14-18-8-4-3-5-9-18/h3-10,20,22,28H,2,11-15H2,1H3,(H,26,27)/t20-,22-,24-,25+/m0/s1. The van der Waals surface area contributed by atoms with E-state index in [0.29, 0.717) is 12.3 Å². The second-order valence-electron chi connectivity index (χ2n) is 9.03. The van der Waals surface area contributed by atoms with Crippen LogP contribution in [0.25, 0.3) is 0 Å². The summed E-state index contributed by atoms with van der Waals surface area (Å²) in [5, 5.41) is 14.3. The first-order valence-electron chi connectivity index (χ1n) is 10.4. The molecule has 0 radical (unpaired) electrons. The number of aliphatic hydroxyl groups is 1. The molecule has 0 saturated heterocycles. The lowest BCUT2D eigenvalue weighted by atomic mass is 9.65. The van der Waals surface area contributed by atoms with Gasteiger partial charge in [0.05, 0.1) is 11.6 Å². The van der Waals surface area contributed by atoms with E-state index in [9.17, 15) is 9.90 Å². The Balaban J connectivity index is 1.46. The zero-order valence-corrected chi connectivity index (χ0v) is 16.8. The topological polar surface area (TPSA) is 58.6 Å². The zero-order chi connectivity index (χ0) is 20.2. The molecule has 2 fully saturated rings. The number of ether oxygens (including phenoxy) is 1. The summed E-state index contributed by atoms with van der Waals surface area (Å²) < 4.78 is 5.54. The monoisotopic (exact) mass is 389 g/mol. The summed E-state index contributed by atoms with van der Waals surface area (Å²) in [5.41, 5.74) is 4.55. The number of fused-ring (bicyclic) bond motifs is 3. The van der Waals surface area contributed by atoms with Crippen molar-refractivity contribution in [3.8, 4) is 0 Å². The maximum Gasteiger partial charge on any atom is 0.407 e. The molecule has 3 aliphatic carbocycles. The summed E-state index contributed by atoms with van der Waals surface area (Å²) in [6.07, 6.45) is 2.66. The molecule has 1 amide bonds. The van der Waals surface area contributed by atoms with Crippen LogP contribution in [0.5, 0.6) is 0 Å². The van der Waals surface area contributed by atoms with Crippen molar-refractivity contribution in [1.29, 1.82) is 0 Å². The summed E-state index contributed by atoms with van der Waals surface area (Å²) in [7, 11) is 0. The second-order valence-corrected chi connectivity index (χ2v) is 9.03. The average Bonchev–Trinajstić information content (AvgIpc) is 3.08. The molecule has 2 aromatic rings. The second kappa shape index (κ2) is 6.46. The Morgan fingerprint density at radius 3 is 2.83 bits per heavy atom. The molecule has 4 nitrogen and oxygen atoms in total. The minimum absolute atomic E-state index is 0.168. The van der Waals surface area contributed by atoms with Crippen molar-refractivity contribution in [3.05, 3.63) is 82.9 Å². The van der Waals surface area contributed by atoms with Gasteiger partial charge in [-0.05, 0) is 66.4 Å². The Labute approximate surface area is 171 Å². The Bertz CT molecular complexity index is 985. The first-order chi connectivity index (χ1) is 13.9. The molecule has 29 heavy (non-hydrogen) atoms. The van der Waals surface area contributed by atoms with Crippen LogP contribution in [0, 0.1) is 12.3 Å². The van der Waals surface area contributed by atoms with E-state index in [0.717, 1.165) is 30.4 Å². The van der Waals surface area contributed by atoms with Crippen LogP contribution in [0.1, 0.15) is 59.9 Å². The zero-order valence-electron chi connectivity index (χ0n) is 16.8. The van der Waals surface area contributed by atoms with Gasteiger partial charge in [-0.3, -0.25) is 0 Å². The van der Waals surface area contributed by atoms with Crippen LogP contribution in [0.3, 0.4) is 0 Å². The van der Waals surface area contributed by atoms with E-state index in [4.69, 9.17) is 4.74 Å². The van der Waals surface area contributed by atoms with Gasteiger partial charge in [0, 0.05) is 5.41 Å². The van der Waals surface area contributed by atoms with E-state index in [-0.39, 0.29) is 18.1 Å². The SMILES string of the molecule is C=C1C[C@]23C[C@]1(O)CC[C@H]2c1cccc(C)c1[C@@H]3NC(=O)OCc1ccccc1. The van der Waals surface area contributed by atoms with Gasteiger partial charge in [0.2, 0.25) is 0 Å². The van der Waals surface area contributed by atoms with E-state index in [1.54, 1.807) is 0 Å². The molecule has 1 spiro atoms.